The van der Waals surface area contributed by atoms with Gasteiger partial charge in [0.05, 0.1) is 24.0 Å². The predicted octanol–water partition coefficient (Wildman–Crippen LogP) is 3.90. The Morgan fingerprint density at radius 2 is 1.74 bits per heavy atom. The zero-order chi connectivity index (χ0) is 29.0. The summed E-state index contributed by atoms with van der Waals surface area (Å²) in [5, 5.41) is 27.1. The van der Waals surface area contributed by atoms with E-state index in [1.165, 1.54) is 6.42 Å². The molecule has 1 fully saturated rings. The van der Waals surface area contributed by atoms with Crippen LogP contribution < -0.4 is 10.6 Å². The van der Waals surface area contributed by atoms with Crippen LogP contribution in [0.25, 0.3) is 0 Å². The molecule has 1 unspecified atom stereocenters. The fourth-order valence-electron chi connectivity index (χ4n) is 5.02. The summed E-state index contributed by atoms with van der Waals surface area (Å²) >= 11 is 0. The SMILES string of the molecule is C=CC[C@H](O)[C@H](O)[C@H](CC1CCCCC1)NC(=O)[C@H](C)CNC(=O)[C@H](Cc1ccccc1)CS(=O)C(C)(C)C. The molecule has 8 heteroatoms. The van der Waals surface area contributed by atoms with Gasteiger partial charge in [-0.1, -0.05) is 75.4 Å². The average molecular weight is 563 g/mol. The lowest BCUT2D eigenvalue weighted by molar-refractivity contribution is -0.128. The number of carbonyl (C=O) groups excluding carboxylic acids is 2. The Balaban J connectivity index is 2.03. The highest BCUT2D eigenvalue weighted by Crippen LogP contribution is 2.29. The van der Waals surface area contributed by atoms with Crippen LogP contribution >= 0.6 is 0 Å². The lowest BCUT2D eigenvalue weighted by Gasteiger charge is -2.32. The van der Waals surface area contributed by atoms with Gasteiger partial charge < -0.3 is 20.8 Å². The number of aliphatic hydroxyl groups excluding tert-OH is 2. The van der Waals surface area contributed by atoms with Crippen LogP contribution in [0.4, 0.5) is 0 Å². The molecule has 0 radical (unpaired) electrons. The Labute approximate surface area is 237 Å². The summed E-state index contributed by atoms with van der Waals surface area (Å²) in [6.45, 7) is 11.2. The van der Waals surface area contributed by atoms with Crippen molar-refractivity contribution < 1.29 is 24.0 Å². The first kappa shape index (κ1) is 33.2. The average Bonchev–Trinajstić information content (AvgIpc) is 2.91. The Kier molecular flexibility index (Phi) is 13.9. The van der Waals surface area contributed by atoms with Crippen LogP contribution in [0.3, 0.4) is 0 Å². The summed E-state index contributed by atoms with van der Waals surface area (Å²) in [6.07, 6.45) is 6.37. The smallest absolute Gasteiger partial charge is 0.224 e. The van der Waals surface area contributed by atoms with Crippen molar-refractivity contribution in [2.45, 2.75) is 102 Å². The number of hydrogen-bond acceptors (Lipinski definition) is 5. The summed E-state index contributed by atoms with van der Waals surface area (Å²) in [5.74, 6) is -0.904. The zero-order valence-corrected chi connectivity index (χ0v) is 25.1. The third-order valence-corrected chi connectivity index (χ3v) is 9.69. The van der Waals surface area contributed by atoms with Gasteiger partial charge in [0, 0.05) is 27.8 Å². The van der Waals surface area contributed by atoms with Gasteiger partial charge in [-0.05, 0) is 51.5 Å². The van der Waals surface area contributed by atoms with Crippen LogP contribution in [0.5, 0.6) is 0 Å². The number of benzene rings is 1. The Morgan fingerprint density at radius 3 is 2.33 bits per heavy atom. The van der Waals surface area contributed by atoms with Crippen molar-refractivity contribution >= 4 is 22.6 Å². The molecule has 0 spiro atoms. The quantitative estimate of drug-likeness (QED) is 0.242. The molecule has 220 valence electrons. The van der Waals surface area contributed by atoms with Gasteiger partial charge in [-0.25, -0.2) is 0 Å². The highest BCUT2D eigenvalue weighted by molar-refractivity contribution is 7.86. The normalized spacial score (nSPS) is 19.2. The van der Waals surface area contributed by atoms with Crippen molar-refractivity contribution in [3.63, 3.8) is 0 Å². The molecule has 0 aliphatic heterocycles. The first-order valence-corrected chi connectivity index (χ1v) is 15.7. The van der Waals surface area contributed by atoms with Gasteiger partial charge in [-0.15, -0.1) is 6.58 Å². The predicted molar refractivity (Wildman–Crippen MR) is 159 cm³/mol. The number of rotatable bonds is 15. The van der Waals surface area contributed by atoms with Gasteiger partial charge in [0.25, 0.3) is 0 Å². The fraction of sp³-hybridized carbons (Fsp3) is 0.677. The van der Waals surface area contributed by atoms with Crippen LogP contribution in [-0.2, 0) is 26.8 Å². The molecule has 0 saturated heterocycles. The van der Waals surface area contributed by atoms with Crippen molar-refractivity contribution in [2.24, 2.45) is 17.8 Å². The van der Waals surface area contributed by atoms with E-state index in [0.29, 0.717) is 18.8 Å². The van der Waals surface area contributed by atoms with E-state index in [9.17, 15) is 24.0 Å². The molecule has 6 atom stereocenters. The maximum absolute atomic E-state index is 13.2. The molecule has 2 amide bonds. The largest absolute Gasteiger partial charge is 0.390 e. The topological polar surface area (TPSA) is 116 Å². The Morgan fingerprint density at radius 1 is 1.10 bits per heavy atom. The summed E-state index contributed by atoms with van der Waals surface area (Å²) in [7, 11) is -1.21. The van der Waals surface area contributed by atoms with E-state index in [0.717, 1.165) is 31.2 Å². The van der Waals surface area contributed by atoms with Crippen LogP contribution in [0.1, 0.15) is 78.2 Å². The van der Waals surface area contributed by atoms with Crippen LogP contribution in [0.15, 0.2) is 43.0 Å². The van der Waals surface area contributed by atoms with Gasteiger partial charge >= 0.3 is 0 Å². The van der Waals surface area contributed by atoms with Crippen molar-refractivity contribution in [1.82, 2.24) is 10.6 Å². The van der Waals surface area contributed by atoms with Gasteiger partial charge in [0.1, 0.15) is 6.10 Å². The molecule has 2 rings (SSSR count). The first-order valence-electron chi connectivity index (χ1n) is 14.4. The van der Waals surface area contributed by atoms with E-state index in [-0.39, 0.29) is 30.5 Å². The minimum absolute atomic E-state index is 0.125. The monoisotopic (exact) mass is 562 g/mol. The lowest BCUT2D eigenvalue weighted by atomic mass is 9.82. The van der Waals surface area contributed by atoms with E-state index in [4.69, 9.17) is 0 Å². The standard InChI is InChI=1S/C31H50N2O5S/c1-6-13-27(34)28(35)26(19-24-16-11-8-12-17-24)33-29(36)22(2)20-32-30(37)25(21-39(38)31(3,4)5)18-23-14-9-7-10-15-23/h6-7,9-10,14-15,22,24-28,34-35H,1,8,11-13,16-21H2,2-5H3,(H,32,37)(H,33,36)/t22-,25-,26+,27+,28-,39?/m1/s1. The molecule has 1 aliphatic rings. The molecule has 1 aromatic rings. The summed E-state index contributed by atoms with van der Waals surface area (Å²) < 4.78 is 12.4. The molecule has 0 bridgehead atoms. The minimum Gasteiger partial charge on any atom is -0.390 e. The van der Waals surface area contributed by atoms with Crippen LogP contribution in [-0.4, -0.2) is 61.5 Å². The maximum Gasteiger partial charge on any atom is 0.224 e. The Bertz CT molecular complexity index is 927. The Hall–Kier alpha value is -2.03. The first-order chi connectivity index (χ1) is 18.4. The second-order valence-corrected chi connectivity index (χ2v) is 14.3. The lowest BCUT2D eigenvalue weighted by Crippen LogP contribution is -2.52. The summed E-state index contributed by atoms with van der Waals surface area (Å²) in [6, 6.07) is 9.09. The maximum atomic E-state index is 13.2. The fourth-order valence-corrected chi connectivity index (χ4v) is 6.15. The van der Waals surface area contributed by atoms with E-state index in [1.54, 1.807) is 13.0 Å². The van der Waals surface area contributed by atoms with Crippen molar-refractivity contribution in [1.29, 1.82) is 0 Å². The third kappa shape index (κ3) is 11.5. The minimum atomic E-state index is -1.21. The van der Waals surface area contributed by atoms with E-state index >= 15 is 0 Å². The van der Waals surface area contributed by atoms with E-state index in [2.05, 4.69) is 17.2 Å². The number of carbonyl (C=O) groups is 2. The molecule has 39 heavy (non-hydrogen) atoms. The number of nitrogens with one attached hydrogen (secondary N) is 2. The number of amides is 2. The van der Waals surface area contributed by atoms with Gasteiger partial charge in [-0.2, -0.15) is 0 Å². The number of aliphatic hydroxyl groups is 2. The highest BCUT2D eigenvalue weighted by Gasteiger charge is 2.32. The second-order valence-electron chi connectivity index (χ2n) is 12.1. The van der Waals surface area contributed by atoms with E-state index < -0.39 is 45.6 Å². The van der Waals surface area contributed by atoms with Crippen molar-refractivity contribution in [3.8, 4) is 0 Å². The molecular formula is C31H50N2O5S. The van der Waals surface area contributed by atoms with Crippen molar-refractivity contribution in [2.75, 3.05) is 12.3 Å². The molecule has 4 N–H and O–H groups in total. The van der Waals surface area contributed by atoms with Crippen molar-refractivity contribution in [3.05, 3.63) is 48.6 Å². The molecule has 1 saturated carbocycles. The molecule has 7 nitrogen and oxygen atoms in total. The molecule has 0 aromatic heterocycles. The summed E-state index contributed by atoms with van der Waals surface area (Å²) in [5.41, 5.74) is 0.993. The van der Waals surface area contributed by atoms with Crippen LogP contribution in [0, 0.1) is 17.8 Å². The van der Waals surface area contributed by atoms with Gasteiger partial charge in [0.15, 0.2) is 0 Å². The zero-order valence-electron chi connectivity index (χ0n) is 24.2. The molecular weight excluding hydrogens is 512 g/mol. The molecule has 0 heterocycles. The second kappa shape index (κ2) is 16.3. The van der Waals surface area contributed by atoms with E-state index in [1.807, 2.05) is 51.1 Å². The summed E-state index contributed by atoms with van der Waals surface area (Å²) in [4.78, 5) is 26.4. The van der Waals surface area contributed by atoms with Crippen LogP contribution in [0.2, 0.25) is 0 Å². The highest BCUT2D eigenvalue weighted by atomic mass is 32.2. The molecule has 1 aromatic carbocycles. The van der Waals surface area contributed by atoms with Gasteiger partial charge in [0.2, 0.25) is 11.8 Å². The molecule has 1 aliphatic carbocycles. The van der Waals surface area contributed by atoms with Gasteiger partial charge in [-0.3, -0.25) is 13.8 Å². The number of hydrogen-bond donors (Lipinski definition) is 4. The third-order valence-electron chi connectivity index (χ3n) is 7.62.